The van der Waals surface area contributed by atoms with Gasteiger partial charge in [-0.05, 0) is 38.5 Å². The Hall–Kier alpha value is -3.59. The number of phosphoric acid groups is 1. The molecule has 0 radical (unpaired) electrons. The third-order valence-electron chi connectivity index (χ3n) is 6.23. The Balaban J connectivity index is 4.79. The molecule has 278 valence electrons. The van der Waals surface area contributed by atoms with Crippen molar-refractivity contribution >= 4 is 19.8 Å². The van der Waals surface area contributed by atoms with Crippen LogP contribution in [0.2, 0.25) is 0 Å². The first kappa shape index (κ1) is 46.4. The van der Waals surface area contributed by atoms with E-state index in [4.69, 9.17) is 18.5 Å². The number of phosphoric ester groups is 1. The van der Waals surface area contributed by atoms with E-state index in [9.17, 15) is 19.0 Å². The van der Waals surface area contributed by atoms with Gasteiger partial charge in [-0.15, -0.1) is 0 Å². The lowest BCUT2D eigenvalue weighted by atomic mass is 10.2. The van der Waals surface area contributed by atoms with E-state index >= 15 is 0 Å². The minimum absolute atomic E-state index is 0.0639. The molecular formula is C40H60NO8P. The van der Waals surface area contributed by atoms with E-state index in [-0.39, 0.29) is 26.1 Å². The summed E-state index contributed by atoms with van der Waals surface area (Å²) in [6, 6.07) is 0. The van der Waals surface area contributed by atoms with Gasteiger partial charge >= 0.3 is 11.9 Å². The number of unbranched alkanes of at least 4 members (excludes halogenated alkanes) is 2. The molecule has 0 bridgehead atoms. The molecule has 0 aromatic heterocycles. The molecule has 2 unspecified atom stereocenters. The van der Waals surface area contributed by atoms with Gasteiger partial charge in [0, 0.05) is 12.8 Å². The molecule has 0 fully saturated rings. The van der Waals surface area contributed by atoms with Crippen LogP contribution in [0.25, 0.3) is 0 Å². The van der Waals surface area contributed by atoms with Gasteiger partial charge < -0.3 is 27.9 Å². The van der Waals surface area contributed by atoms with E-state index < -0.39 is 32.5 Å². The second-order valence-corrected chi connectivity index (χ2v) is 13.4. The van der Waals surface area contributed by atoms with Crippen molar-refractivity contribution in [1.29, 1.82) is 0 Å². The number of allylic oxidation sites excluding steroid dienone is 20. The monoisotopic (exact) mass is 713 g/mol. The quantitative estimate of drug-likeness (QED) is 0.0262. The predicted octanol–water partition coefficient (Wildman–Crippen LogP) is 8.37. The largest absolute Gasteiger partial charge is 0.756 e. The molecule has 10 heteroatoms. The van der Waals surface area contributed by atoms with Crippen LogP contribution >= 0.6 is 7.82 Å². The lowest BCUT2D eigenvalue weighted by molar-refractivity contribution is -0.870. The summed E-state index contributed by atoms with van der Waals surface area (Å²) in [5, 5.41) is 0. The SMILES string of the molecule is CC/C=C/C=C/C=C/C=C/C=C/CCCC(=O)OCC(COP(=O)([O-])OCC[N+](C)(C)C)OC(=O)CCC/C=C/C=C/C=C/C=C/C=C/CC. The Morgan fingerprint density at radius 2 is 1.04 bits per heavy atom. The Morgan fingerprint density at radius 3 is 1.48 bits per heavy atom. The first-order chi connectivity index (χ1) is 24.0. The first-order valence-electron chi connectivity index (χ1n) is 17.4. The molecule has 0 rings (SSSR count). The van der Waals surface area contributed by atoms with Gasteiger partial charge in [0.15, 0.2) is 6.10 Å². The number of nitrogens with zero attached hydrogens (tertiary/aromatic N) is 1. The molecule has 0 aliphatic carbocycles. The molecule has 0 aliphatic heterocycles. The van der Waals surface area contributed by atoms with Crippen molar-refractivity contribution in [2.45, 2.75) is 71.3 Å². The summed E-state index contributed by atoms with van der Waals surface area (Å²) in [5.74, 6) is -1.03. The Labute approximate surface area is 301 Å². The lowest BCUT2D eigenvalue weighted by Crippen LogP contribution is -2.37. The molecule has 0 heterocycles. The molecule has 0 saturated carbocycles. The Bertz CT molecular complexity index is 1260. The van der Waals surface area contributed by atoms with Crippen molar-refractivity contribution < 1.29 is 42.1 Å². The topological polar surface area (TPSA) is 111 Å². The average molecular weight is 714 g/mol. The second kappa shape index (κ2) is 31.4. The van der Waals surface area contributed by atoms with E-state index in [0.717, 1.165) is 12.8 Å². The summed E-state index contributed by atoms with van der Waals surface area (Å²) >= 11 is 0. The number of quaternary nitrogens is 1. The summed E-state index contributed by atoms with van der Waals surface area (Å²) in [6.07, 6.45) is 42.6. The number of ether oxygens (including phenoxy) is 2. The lowest BCUT2D eigenvalue weighted by Gasteiger charge is -2.28. The molecule has 0 saturated heterocycles. The third kappa shape index (κ3) is 34.3. The van der Waals surface area contributed by atoms with Crippen molar-refractivity contribution in [2.75, 3.05) is 47.5 Å². The third-order valence-corrected chi connectivity index (χ3v) is 7.20. The number of rotatable bonds is 28. The normalized spacial score (nSPS) is 15.2. The van der Waals surface area contributed by atoms with Gasteiger partial charge in [-0.1, -0.05) is 135 Å². The fourth-order valence-electron chi connectivity index (χ4n) is 3.53. The number of hydrogen-bond donors (Lipinski definition) is 0. The van der Waals surface area contributed by atoms with Gasteiger partial charge in [-0.25, -0.2) is 0 Å². The van der Waals surface area contributed by atoms with E-state index in [0.29, 0.717) is 36.7 Å². The van der Waals surface area contributed by atoms with Crippen molar-refractivity contribution in [3.8, 4) is 0 Å². The zero-order valence-electron chi connectivity index (χ0n) is 30.8. The average Bonchev–Trinajstić information content (AvgIpc) is 3.06. The highest BCUT2D eigenvalue weighted by Gasteiger charge is 2.21. The van der Waals surface area contributed by atoms with Crippen LogP contribution in [0.1, 0.15) is 65.2 Å². The van der Waals surface area contributed by atoms with Crippen LogP contribution in [-0.2, 0) is 32.7 Å². The van der Waals surface area contributed by atoms with Crippen LogP contribution in [-0.4, -0.2) is 70.0 Å². The van der Waals surface area contributed by atoms with E-state index in [2.05, 4.69) is 26.0 Å². The molecule has 50 heavy (non-hydrogen) atoms. The summed E-state index contributed by atoms with van der Waals surface area (Å²) < 4.78 is 33.5. The minimum Gasteiger partial charge on any atom is -0.756 e. The molecule has 0 aromatic carbocycles. The van der Waals surface area contributed by atoms with Gasteiger partial charge in [-0.3, -0.25) is 14.2 Å². The van der Waals surface area contributed by atoms with Crippen LogP contribution in [0.5, 0.6) is 0 Å². The van der Waals surface area contributed by atoms with Gasteiger partial charge in [-0.2, -0.15) is 0 Å². The number of hydrogen-bond acceptors (Lipinski definition) is 8. The first-order valence-corrected chi connectivity index (χ1v) is 18.8. The molecule has 0 aromatic rings. The summed E-state index contributed by atoms with van der Waals surface area (Å²) in [5.41, 5.74) is 0. The number of likely N-dealkylation sites (N-methyl/N-ethyl adjacent to an activating group) is 1. The van der Waals surface area contributed by atoms with Crippen LogP contribution in [0.4, 0.5) is 0 Å². The highest BCUT2D eigenvalue weighted by atomic mass is 31.2. The van der Waals surface area contributed by atoms with Crippen molar-refractivity contribution in [2.24, 2.45) is 0 Å². The van der Waals surface area contributed by atoms with Crippen molar-refractivity contribution in [1.82, 2.24) is 0 Å². The smallest absolute Gasteiger partial charge is 0.306 e. The van der Waals surface area contributed by atoms with Gasteiger partial charge in [0.25, 0.3) is 7.82 Å². The van der Waals surface area contributed by atoms with Gasteiger partial charge in [0.05, 0.1) is 27.7 Å². The summed E-state index contributed by atoms with van der Waals surface area (Å²) in [4.78, 5) is 37.2. The van der Waals surface area contributed by atoms with Crippen LogP contribution in [0.15, 0.2) is 122 Å². The molecule has 0 amide bonds. The van der Waals surface area contributed by atoms with Crippen molar-refractivity contribution in [3.63, 3.8) is 0 Å². The summed E-state index contributed by atoms with van der Waals surface area (Å²) in [7, 11) is 1.05. The number of carbonyl (C=O) groups excluding carboxylic acids is 2. The summed E-state index contributed by atoms with van der Waals surface area (Å²) in [6.45, 7) is 3.69. The van der Waals surface area contributed by atoms with Crippen molar-refractivity contribution in [3.05, 3.63) is 122 Å². The zero-order valence-corrected chi connectivity index (χ0v) is 31.7. The second-order valence-electron chi connectivity index (χ2n) is 12.0. The van der Waals surface area contributed by atoms with Crippen LogP contribution in [0, 0.1) is 0 Å². The molecule has 2 atom stereocenters. The fraction of sp³-hybridized carbons (Fsp3) is 0.450. The highest BCUT2D eigenvalue weighted by Crippen LogP contribution is 2.38. The van der Waals surface area contributed by atoms with Gasteiger partial charge in [0.2, 0.25) is 0 Å². The standard InChI is InChI=1S/C40H60NO8P/c1-6-8-10-12-14-16-18-20-22-24-26-28-30-32-39(42)46-36-38(37-48-50(44,45)47-35-34-41(3,4)5)49-40(43)33-31-29-27-25-23-21-19-17-15-13-11-9-7-2/h8-27,38H,6-7,28-37H2,1-5H3/b10-8+,11-9+,14-12+,15-13+,18-16+,19-17+,22-20+,23-21+,26-24+,27-25+. The molecular weight excluding hydrogens is 653 g/mol. The van der Waals surface area contributed by atoms with Crippen LogP contribution in [0.3, 0.4) is 0 Å². The van der Waals surface area contributed by atoms with Gasteiger partial charge in [0.1, 0.15) is 19.8 Å². The maximum atomic E-state index is 12.5. The molecule has 0 N–H and O–H groups in total. The van der Waals surface area contributed by atoms with Crippen LogP contribution < -0.4 is 4.89 Å². The zero-order chi connectivity index (χ0) is 37.2. The maximum Gasteiger partial charge on any atom is 0.306 e. The molecule has 0 spiro atoms. The maximum absolute atomic E-state index is 12.5. The molecule has 0 aliphatic rings. The predicted molar refractivity (Wildman–Crippen MR) is 203 cm³/mol. The van der Waals surface area contributed by atoms with E-state index in [1.54, 1.807) is 0 Å². The Morgan fingerprint density at radius 1 is 0.620 bits per heavy atom. The number of carbonyl (C=O) groups is 2. The Kier molecular flexibility index (Phi) is 29.1. The highest BCUT2D eigenvalue weighted by molar-refractivity contribution is 7.45. The van der Waals surface area contributed by atoms with E-state index in [1.807, 2.05) is 131 Å². The van der Waals surface area contributed by atoms with E-state index in [1.165, 1.54) is 0 Å². The molecule has 9 nitrogen and oxygen atoms in total. The number of esters is 2. The fourth-order valence-corrected chi connectivity index (χ4v) is 4.26. The minimum atomic E-state index is -4.66.